The van der Waals surface area contributed by atoms with Gasteiger partial charge in [-0.3, -0.25) is 57.5 Å². The lowest BCUT2D eigenvalue weighted by Gasteiger charge is -2.43. The Hall–Kier alpha value is -6.28. The van der Waals surface area contributed by atoms with Crippen molar-refractivity contribution in [2.24, 2.45) is 41.4 Å². The van der Waals surface area contributed by atoms with E-state index in [0.717, 1.165) is 61.2 Å². The first kappa shape index (κ1) is 83.0. The average molecular weight is 1460 g/mol. The van der Waals surface area contributed by atoms with E-state index >= 15 is 28.8 Å². The Labute approximate surface area is 608 Å². The van der Waals surface area contributed by atoms with Crippen LogP contribution < -0.4 is 16.0 Å². The molecule has 102 heavy (non-hydrogen) atoms. The summed E-state index contributed by atoms with van der Waals surface area (Å²) >= 11 is 6.42. The van der Waals surface area contributed by atoms with Crippen LogP contribution in [0.25, 0.3) is 0 Å². The van der Waals surface area contributed by atoms with Gasteiger partial charge >= 0.3 is 6.18 Å². The minimum atomic E-state index is -4.51. The number of alkyl halides is 4. The topological polar surface area (TPSA) is 270 Å². The minimum Gasteiger partial charge on any atom is -0.343 e. The number of likely N-dealkylation sites (tertiary alicyclic amines) is 1. The van der Waals surface area contributed by atoms with E-state index in [4.69, 9.17) is 11.6 Å². The molecule has 1 spiro atoms. The number of nitrogens with zero attached hydrogens (tertiary/aromatic N) is 9. The Bertz CT molecular complexity index is 2960. The van der Waals surface area contributed by atoms with Crippen LogP contribution in [0.1, 0.15) is 208 Å². The van der Waals surface area contributed by atoms with Crippen LogP contribution in [-0.4, -0.2) is 263 Å². The molecular formula is C74H120ClF3N12O12. The molecule has 0 aromatic carbocycles. The summed E-state index contributed by atoms with van der Waals surface area (Å²) in [5.41, 5.74) is -1.55. The third-order valence-corrected chi connectivity index (χ3v) is 24.4. The number of fused-ring (bicyclic) bond motifs is 1. The molecule has 0 aromatic rings. The summed E-state index contributed by atoms with van der Waals surface area (Å²) in [6.45, 7) is 8.66. The Morgan fingerprint density at radius 2 is 1.19 bits per heavy atom. The first-order valence-electron chi connectivity index (χ1n) is 38.1. The molecule has 3 heterocycles. The fraction of sp³-hybridized carbons (Fsp3) is 0.838. The van der Waals surface area contributed by atoms with E-state index in [9.17, 15) is 41.9 Å². The average Bonchev–Trinajstić information content (AvgIpc) is 1.42. The predicted molar refractivity (Wildman–Crippen MR) is 379 cm³/mol. The zero-order chi connectivity index (χ0) is 75.2. The van der Waals surface area contributed by atoms with Gasteiger partial charge < -0.3 is 60.0 Å². The fourth-order valence-electron chi connectivity index (χ4n) is 16.9. The van der Waals surface area contributed by atoms with Crippen LogP contribution in [0.15, 0.2) is 0 Å². The van der Waals surface area contributed by atoms with E-state index < -0.39 is 174 Å². The lowest BCUT2D eigenvalue weighted by Crippen LogP contribution is -2.65. The SMILES string of the molecule is CC[C@H](C)[C@@H]1NC(=O)[C@H](CC(C)C)N(C)C(=O)C[C@@H](C(=O)N2CCC(C)CC2)N(C)C(=O)[C@H](C2CCCCC2)N(C)C(=O)C2(CCCC2)NC(=O)[C@@H]2CCCN2C(=O)[C@H](CCC2CCC(C(F)(F)F)C(Cl)C2)NC(=O)CN(C)C(=O)[C@H](CC2CCCCC2)N(C)C(=O)CN(C)C(=O)CN(C)C1=O. The summed E-state index contributed by atoms with van der Waals surface area (Å²) in [5.74, 6) is -10.2. The molecule has 28 heteroatoms. The molecule has 3 N–H and O–H groups in total. The fourth-order valence-corrected chi connectivity index (χ4v) is 17.5. The van der Waals surface area contributed by atoms with Crippen molar-refractivity contribution in [3.63, 3.8) is 0 Å². The molecule has 3 unspecified atom stereocenters. The minimum absolute atomic E-state index is 0.00251. The second kappa shape index (κ2) is 37.1. The van der Waals surface area contributed by atoms with Crippen molar-refractivity contribution in [3.8, 4) is 0 Å². The molecule has 0 aromatic heterocycles. The Morgan fingerprint density at radius 3 is 1.78 bits per heavy atom. The number of hydrogen-bond acceptors (Lipinski definition) is 12. The van der Waals surface area contributed by atoms with E-state index in [2.05, 4.69) is 22.9 Å². The van der Waals surface area contributed by atoms with Gasteiger partial charge in [0.05, 0.1) is 32.0 Å². The van der Waals surface area contributed by atoms with Gasteiger partial charge in [0.15, 0.2) is 0 Å². The highest BCUT2D eigenvalue weighted by molar-refractivity contribution is 6.21. The summed E-state index contributed by atoms with van der Waals surface area (Å²) in [5, 5.41) is 7.66. The second-order valence-electron chi connectivity index (χ2n) is 31.9. The molecule has 0 bridgehead atoms. The molecule has 11 atom stereocenters. The highest BCUT2D eigenvalue weighted by Gasteiger charge is 2.52. The van der Waals surface area contributed by atoms with E-state index in [-0.39, 0.29) is 88.5 Å². The van der Waals surface area contributed by atoms with Crippen molar-refractivity contribution >= 4 is 82.5 Å². The van der Waals surface area contributed by atoms with Crippen molar-refractivity contribution in [2.45, 2.75) is 267 Å². The maximum atomic E-state index is 15.9. The van der Waals surface area contributed by atoms with Crippen LogP contribution in [0.4, 0.5) is 13.2 Å². The van der Waals surface area contributed by atoms with E-state index in [1.54, 1.807) is 11.8 Å². The number of carbonyl (C=O) groups excluding carboxylic acids is 12. The van der Waals surface area contributed by atoms with Crippen LogP contribution >= 0.6 is 11.6 Å². The maximum Gasteiger partial charge on any atom is 0.393 e. The number of carbonyl (C=O) groups is 12. The van der Waals surface area contributed by atoms with Gasteiger partial charge in [-0.2, -0.15) is 13.2 Å². The number of rotatable bonds is 11. The highest BCUT2D eigenvalue weighted by atomic mass is 35.5. The molecule has 12 amide bonds. The molecule has 3 saturated heterocycles. The van der Waals surface area contributed by atoms with Crippen molar-refractivity contribution < 1.29 is 70.7 Å². The number of likely N-dealkylation sites (N-methyl/N-ethyl adjacent to an activating group) is 7. The van der Waals surface area contributed by atoms with Crippen LogP contribution in [0.2, 0.25) is 0 Å². The van der Waals surface area contributed by atoms with Crippen LogP contribution in [0.5, 0.6) is 0 Å². The van der Waals surface area contributed by atoms with E-state index in [1.807, 2.05) is 20.8 Å². The third-order valence-electron chi connectivity index (χ3n) is 23.9. The van der Waals surface area contributed by atoms with Gasteiger partial charge in [-0.05, 0) is 132 Å². The quantitative estimate of drug-likeness (QED) is 0.182. The van der Waals surface area contributed by atoms with Crippen molar-refractivity contribution in [1.82, 2.24) is 60.0 Å². The first-order valence-corrected chi connectivity index (χ1v) is 38.5. The predicted octanol–water partition coefficient (Wildman–Crippen LogP) is 6.73. The Kier molecular flexibility index (Phi) is 30.2. The summed E-state index contributed by atoms with van der Waals surface area (Å²) < 4.78 is 42.1. The smallest absolute Gasteiger partial charge is 0.343 e. The molecule has 24 nitrogen and oxygen atoms in total. The number of halogens is 4. The van der Waals surface area contributed by atoms with Crippen LogP contribution in [-0.2, 0) is 57.5 Å². The number of hydrogen-bond donors (Lipinski definition) is 3. The molecule has 4 saturated carbocycles. The van der Waals surface area contributed by atoms with Crippen molar-refractivity contribution in [2.75, 3.05) is 88.6 Å². The third kappa shape index (κ3) is 21.0. The molecule has 576 valence electrons. The molecule has 3 aliphatic heterocycles. The molecule has 7 rings (SSSR count). The summed E-state index contributed by atoms with van der Waals surface area (Å²) in [7, 11) is 10.1. The van der Waals surface area contributed by atoms with E-state index in [1.165, 1.54) is 78.7 Å². The zero-order valence-electron chi connectivity index (χ0n) is 62.9. The first-order chi connectivity index (χ1) is 48.1. The largest absolute Gasteiger partial charge is 0.393 e. The van der Waals surface area contributed by atoms with Gasteiger partial charge in [0.2, 0.25) is 70.9 Å². The summed E-state index contributed by atoms with van der Waals surface area (Å²) in [6, 6.07) is -8.53. The van der Waals surface area contributed by atoms with Crippen LogP contribution in [0.3, 0.4) is 0 Å². The normalized spacial score (nSPS) is 30.0. The summed E-state index contributed by atoms with van der Waals surface area (Å²) in [4.78, 5) is 192. The monoisotopic (exact) mass is 1460 g/mol. The Balaban J connectivity index is 1.28. The van der Waals surface area contributed by atoms with Gasteiger partial charge in [-0.25, -0.2) is 0 Å². The zero-order valence-corrected chi connectivity index (χ0v) is 63.7. The van der Waals surface area contributed by atoms with Crippen molar-refractivity contribution in [3.05, 3.63) is 0 Å². The maximum absolute atomic E-state index is 15.9. The molecule has 7 aliphatic rings. The Morgan fingerprint density at radius 1 is 0.588 bits per heavy atom. The lowest BCUT2D eigenvalue weighted by molar-refractivity contribution is -0.182. The number of amides is 12. The van der Waals surface area contributed by atoms with Gasteiger partial charge in [0.25, 0.3) is 0 Å². The standard InChI is InChI=1S/C74H120ClF3N12O12/c1-13-48(5)63-70(100)84(8)44-61(93)82(6)45-62(94)86(10)57(41-49-23-16-14-17-24-49)68(98)83(7)43-59(91)79-54(31-29-50-28-30-52(53(75)40-50)74(76,77)78)67(97)90-36-22-27-55(90)66(96)81-73(34-20-21-35-73)72(102)88(12)64(51-25-18-15-19-26-51)71(101)87(11)58(69(99)89-37-32-47(4)33-38-89)42-60(92)85(9)56(39-46(2)3)65(95)80-63/h46-58,63-64H,13-45H2,1-12H3,(H,79,91)(H,80,95)(H,81,96)/t48-,50?,52?,53?,54-,55-,56-,57-,58-,63-,64-/m0/s1. The molecular weight excluding hydrogens is 1340 g/mol. The molecule has 4 aliphatic carbocycles. The van der Waals surface area contributed by atoms with E-state index in [0.29, 0.717) is 70.4 Å². The molecule has 7 fully saturated rings. The molecule has 0 radical (unpaired) electrons. The van der Waals surface area contributed by atoms with Gasteiger partial charge in [0, 0.05) is 74.3 Å². The van der Waals surface area contributed by atoms with Crippen LogP contribution in [0, 0.1) is 41.4 Å². The van der Waals surface area contributed by atoms with Gasteiger partial charge in [-0.15, -0.1) is 11.6 Å². The van der Waals surface area contributed by atoms with Gasteiger partial charge in [0.1, 0.15) is 47.8 Å². The summed E-state index contributed by atoms with van der Waals surface area (Å²) in [6.07, 6.45) is 7.05. The number of nitrogens with one attached hydrogen (secondary N) is 3. The lowest BCUT2D eigenvalue weighted by atomic mass is 9.78. The van der Waals surface area contributed by atoms with Gasteiger partial charge in [-0.1, -0.05) is 105 Å². The second-order valence-corrected chi connectivity index (χ2v) is 32.4. The van der Waals surface area contributed by atoms with Crippen molar-refractivity contribution in [1.29, 1.82) is 0 Å². The highest BCUT2D eigenvalue weighted by Crippen LogP contribution is 2.44. The number of piperidine rings is 1.